The lowest BCUT2D eigenvalue weighted by atomic mass is 10.2. The highest BCUT2D eigenvalue weighted by Gasteiger charge is 2.31. The number of likely N-dealkylation sites (tertiary alicyclic amines) is 1. The van der Waals surface area contributed by atoms with Crippen molar-refractivity contribution in [2.75, 3.05) is 50.0 Å². The van der Waals surface area contributed by atoms with Gasteiger partial charge in [0.15, 0.2) is 0 Å². The Morgan fingerprint density at radius 2 is 1.79 bits per heavy atom. The van der Waals surface area contributed by atoms with E-state index in [1.165, 1.54) is 4.31 Å². The summed E-state index contributed by atoms with van der Waals surface area (Å²) >= 11 is 0. The number of carbonyl (C=O) groups excluding carboxylic acids is 1. The van der Waals surface area contributed by atoms with Crippen LogP contribution in [0, 0.1) is 6.92 Å². The Labute approximate surface area is 196 Å². The summed E-state index contributed by atoms with van der Waals surface area (Å²) in [4.78, 5) is 15.3. The van der Waals surface area contributed by atoms with E-state index in [-0.39, 0.29) is 22.9 Å². The fourth-order valence-electron chi connectivity index (χ4n) is 4.32. The average molecular weight is 473 g/mol. The summed E-state index contributed by atoms with van der Waals surface area (Å²) in [5, 5.41) is 6.44. The Hall–Kier alpha value is -2.46. The molecule has 178 valence electrons. The number of hydrogen-bond acceptors (Lipinski definition) is 6. The van der Waals surface area contributed by atoms with E-state index < -0.39 is 10.0 Å². The molecule has 9 heteroatoms. The van der Waals surface area contributed by atoms with Crippen molar-refractivity contribution in [1.29, 1.82) is 0 Å². The predicted molar refractivity (Wildman–Crippen MR) is 129 cm³/mol. The third-order valence-electron chi connectivity index (χ3n) is 6.33. The summed E-state index contributed by atoms with van der Waals surface area (Å²) in [6.07, 6.45) is 0.957. The van der Waals surface area contributed by atoms with E-state index in [2.05, 4.69) is 15.5 Å². The van der Waals surface area contributed by atoms with Crippen LogP contribution < -0.4 is 10.6 Å². The standard InChI is InChI=1S/C24H32N4O4S/c1-18-8-9-21(16-23(18)33(30,31)28-12-14-32-15-13-28)26-24(29)19(2)27-11-10-22(17-27)25-20-6-4-3-5-7-20/h3-9,16,19,22,25H,10-15,17H2,1-2H3,(H,26,29)/t19-,22-/m1/s1. The number of nitrogens with one attached hydrogen (secondary N) is 2. The van der Waals surface area contributed by atoms with Crippen molar-refractivity contribution in [3.63, 3.8) is 0 Å². The van der Waals surface area contributed by atoms with Crippen LogP contribution in [0.5, 0.6) is 0 Å². The Balaban J connectivity index is 1.39. The smallest absolute Gasteiger partial charge is 0.243 e. The molecule has 4 rings (SSSR count). The molecule has 2 aliphatic heterocycles. The van der Waals surface area contributed by atoms with Gasteiger partial charge in [0, 0.05) is 43.6 Å². The summed E-state index contributed by atoms with van der Waals surface area (Å²) < 4.78 is 33.0. The number of sulfonamides is 1. The van der Waals surface area contributed by atoms with Gasteiger partial charge in [0.25, 0.3) is 0 Å². The summed E-state index contributed by atoms with van der Waals surface area (Å²) in [5.41, 5.74) is 2.22. The van der Waals surface area contributed by atoms with Crippen molar-refractivity contribution in [1.82, 2.24) is 9.21 Å². The average Bonchev–Trinajstić information content (AvgIpc) is 3.29. The van der Waals surface area contributed by atoms with Crippen LogP contribution in [0.15, 0.2) is 53.4 Å². The van der Waals surface area contributed by atoms with Gasteiger partial charge in [-0.25, -0.2) is 8.42 Å². The molecule has 0 spiro atoms. The van der Waals surface area contributed by atoms with Gasteiger partial charge in [0.1, 0.15) is 0 Å². The minimum Gasteiger partial charge on any atom is -0.381 e. The first-order valence-corrected chi connectivity index (χ1v) is 12.8. The highest BCUT2D eigenvalue weighted by molar-refractivity contribution is 7.89. The molecule has 2 aliphatic rings. The monoisotopic (exact) mass is 472 g/mol. The van der Waals surface area contributed by atoms with Gasteiger partial charge < -0.3 is 15.4 Å². The van der Waals surface area contributed by atoms with Crippen LogP contribution in [0.1, 0.15) is 18.9 Å². The molecular weight excluding hydrogens is 440 g/mol. The normalized spacial score (nSPS) is 21.0. The molecule has 1 amide bonds. The molecule has 2 fully saturated rings. The molecule has 0 saturated carbocycles. The van der Waals surface area contributed by atoms with E-state index in [4.69, 9.17) is 4.74 Å². The maximum atomic E-state index is 13.1. The second-order valence-corrected chi connectivity index (χ2v) is 10.6. The van der Waals surface area contributed by atoms with E-state index in [1.807, 2.05) is 37.3 Å². The van der Waals surface area contributed by atoms with E-state index in [0.717, 1.165) is 25.2 Å². The molecular formula is C24H32N4O4S. The third kappa shape index (κ3) is 5.55. The Morgan fingerprint density at radius 3 is 2.52 bits per heavy atom. The van der Waals surface area contributed by atoms with Crippen molar-refractivity contribution < 1.29 is 17.9 Å². The minimum absolute atomic E-state index is 0.145. The highest BCUT2D eigenvalue weighted by Crippen LogP contribution is 2.25. The number of carbonyl (C=O) groups is 1. The van der Waals surface area contributed by atoms with Crippen LogP contribution >= 0.6 is 0 Å². The lowest BCUT2D eigenvalue weighted by molar-refractivity contribution is -0.120. The zero-order chi connectivity index (χ0) is 23.4. The highest BCUT2D eigenvalue weighted by atomic mass is 32.2. The molecule has 2 heterocycles. The van der Waals surface area contributed by atoms with Gasteiger partial charge in [-0.05, 0) is 50.1 Å². The fourth-order valence-corrected chi connectivity index (χ4v) is 5.98. The molecule has 0 unspecified atom stereocenters. The predicted octanol–water partition coefficient (Wildman–Crippen LogP) is 2.53. The number of anilines is 2. The van der Waals surface area contributed by atoms with Crippen molar-refractivity contribution >= 4 is 27.3 Å². The number of benzene rings is 2. The molecule has 33 heavy (non-hydrogen) atoms. The van der Waals surface area contributed by atoms with E-state index in [1.54, 1.807) is 25.1 Å². The molecule has 0 radical (unpaired) electrons. The summed E-state index contributed by atoms with van der Waals surface area (Å²) in [5.74, 6) is -0.145. The zero-order valence-electron chi connectivity index (χ0n) is 19.2. The van der Waals surface area contributed by atoms with Gasteiger partial charge in [0.2, 0.25) is 15.9 Å². The van der Waals surface area contributed by atoms with Crippen molar-refractivity contribution in [3.8, 4) is 0 Å². The number of aryl methyl sites for hydroxylation is 1. The number of morpholine rings is 1. The second kappa shape index (κ2) is 10.2. The summed E-state index contributed by atoms with van der Waals surface area (Å²) in [6, 6.07) is 15.1. The Bertz CT molecular complexity index is 1070. The van der Waals surface area contributed by atoms with Crippen LogP contribution in [0.25, 0.3) is 0 Å². The number of hydrogen-bond donors (Lipinski definition) is 2. The van der Waals surface area contributed by atoms with Crippen LogP contribution in [0.2, 0.25) is 0 Å². The largest absolute Gasteiger partial charge is 0.381 e. The molecule has 0 bridgehead atoms. The molecule has 2 saturated heterocycles. The Morgan fingerprint density at radius 1 is 1.06 bits per heavy atom. The maximum Gasteiger partial charge on any atom is 0.243 e. The summed E-state index contributed by atoms with van der Waals surface area (Å²) in [6.45, 7) is 6.71. The molecule has 0 aliphatic carbocycles. The van der Waals surface area contributed by atoms with Gasteiger partial charge in [-0.1, -0.05) is 24.3 Å². The van der Waals surface area contributed by atoms with E-state index >= 15 is 0 Å². The quantitative estimate of drug-likeness (QED) is 0.644. The fraction of sp³-hybridized carbons (Fsp3) is 0.458. The molecule has 8 nitrogen and oxygen atoms in total. The second-order valence-electron chi connectivity index (χ2n) is 8.65. The molecule has 2 aromatic rings. The minimum atomic E-state index is -3.64. The van der Waals surface area contributed by atoms with E-state index in [0.29, 0.717) is 37.6 Å². The van der Waals surface area contributed by atoms with Crippen LogP contribution in [0.4, 0.5) is 11.4 Å². The Kier molecular flexibility index (Phi) is 7.33. The van der Waals surface area contributed by atoms with Crippen LogP contribution in [-0.4, -0.2) is 75.0 Å². The first-order chi connectivity index (χ1) is 15.8. The lowest BCUT2D eigenvalue weighted by Gasteiger charge is -2.27. The van der Waals surface area contributed by atoms with Crippen molar-refractivity contribution in [2.45, 2.75) is 37.2 Å². The number of ether oxygens (including phenoxy) is 1. The number of rotatable bonds is 7. The molecule has 0 aromatic heterocycles. The lowest BCUT2D eigenvalue weighted by Crippen LogP contribution is -2.42. The SMILES string of the molecule is Cc1ccc(NC(=O)[C@@H](C)N2CC[C@@H](Nc3ccccc3)C2)cc1S(=O)(=O)N1CCOCC1. The third-order valence-corrected chi connectivity index (χ3v) is 8.38. The van der Waals surface area contributed by atoms with Gasteiger partial charge in [-0.15, -0.1) is 0 Å². The van der Waals surface area contributed by atoms with Crippen LogP contribution in [-0.2, 0) is 19.6 Å². The molecule has 2 N–H and O–H groups in total. The zero-order valence-corrected chi connectivity index (χ0v) is 20.0. The number of para-hydroxylation sites is 1. The molecule has 2 atom stereocenters. The van der Waals surface area contributed by atoms with Gasteiger partial charge >= 0.3 is 0 Å². The summed E-state index contributed by atoms with van der Waals surface area (Å²) in [7, 11) is -3.64. The first kappa shape index (κ1) is 23.7. The van der Waals surface area contributed by atoms with Crippen molar-refractivity contribution in [2.24, 2.45) is 0 Å². The van der Waals surface area contributed by atoms with Gasteiger partial charge in [-0.2, -0.15) is 4.31 Å². The van der Waals surface area contributed by atoms with Crippen LogP contribution in [0.3, 0.4) is 0 Å². The maximum absolute atomic E-state index is 13.1. The van der Waals surface area contributed by atoms with Gasteiger partial charge in [-0.3, -0.25) is 9.69 Å². The van der Waals surface area contributed by atoms with Gasteiger partial charge in [0.05, 0.1) is 24.2 Å². The van der Waals surface area contributed by atoms with Crippen molar-refractivity contribution in [3.05, 3.63) is 54.1 Å². The first-order valence-electron chi connectivity index (χ1n) is 11.4. The topological polar surface area (TPSA) is 91.0 Å². The number of nitrogens with zero attached hydrogens (tertiary/aromatic N) is 2. The molecule has 2 aromatic carbocycles. The number of amides is 1. The van der Waals surface area contributed by atoms with E-state index in [9.17, 15) is 13.2 Å².